The topological polar surface area (TPSA) is 8.17 Å². The molecule has 2 nitrogen and oxygen atoms in total. The molecule has 1 aromatic heterocycles. The van der Waals surface area contributed by atoms with Gasteiger partial charge in [0.15, 0.2) is 0 Å². The molecule has 0 bridgehead atoms. The van der Waals surface area contributed by atoms with Gasteiger partial charge in [0.25, 0.3) is 0 Å². The van der Waals surface area contributed by atoms with Crippen LogP contribution in [0.2, 0.25) is 5.02 Å². The van der Waals surface area contributed by atoms with Crippen LogP contribution in [0.5, 0.6) is 0 Å². The molecule has 1 unspecified atom stereocenters. The average molecular weight is 275 g/mol. The zero-order valence-corrected chi connectivity index (χ0v) is 12.0. The number of halogens is 1. The molecular formula is C16H19ClN2. The van der Waals surface area contributed by atoms with Gasteiger partial charge in [0.1, 0.15) is 0 Å². The van der Waals surface area contributed by atoms with Crippen molar-refractivity contribution in [1.29, 1.82) is 0 Å². The van der Waals surface area contributed by atoms with E-state index in [0.29, 0.717) is 6.04 Å². The van der Waals surface area contributed by atoms with Gasteiger partial charge in [-0.1, -0.05) is 11.6 Å². The summed E-state index contributed by atoms with van der Waals surface area (Å²) in [5.74, 6) is 0. The van der Waals surface area contributed by atoms with E-state index >= 15 is 0 Å². The van der Waals surface area contributed by atoms with Crippen LogP contribution < -0.4 is 4.90 Å². The van der Waals surface area contributed by atoms with Gasteiger partial charge in [-0.2, -0.15) is 0 Å². The van der Waals surface area contributed by atoms with Gasteiger partial charge < -0.3 is 9.47 Å². The predicted octanol–water partition coefficient (Wildman–Crippen LogP) is 4.51. The Hall–Kier alpha value is -1.41. The molecule has 1 aliphatic rings. The van der Waals surface area contributed by atoms with Crippen LogP contribution in [0.3, 0.4) is 0 Å². The molecule has 3 heteroatoms. The Bertz CT molecular complexity index is 548. The maximum Gasteiger partial charge on any atom is 0.0660 e. The molecule has 2 heterocycles. The minimum absolute atomic E-state index is 0.587. The number of rotatable bonds is 2. The van der Waals surface area contributed by atoms with Gasteiger partial charge in [-0.25, -0.2) is 0 Å². The van der Waals surface area contributed by atoms with Crippen molar-refractivity contribution >= 4 is 17.3 Å². The lowest BCUT2D eigenvalue weighted by molar-refractivity contribution is 0.485. The summed E-state index contributed by atoms with van der Waals surface area (Å²) in [6, 6.07) is 11.0. The van der Waals surface area contributed by atoms with Crippen molar-refractivity contribution < 1.29 is 0 Å². The van der Waals surface area contributed by atoms with Crippen molar-refractivity contribution in [2.45, 2.75) is 32.2 Å². The second-order valence-corrected chi connectivity index (χ2v) is 5.67. The molecule has 0 amide bonds. The third kappa shape index (κ3) is 2.50. The average Bonchev–Trinajstić information content (AvgIpc) is 2.94. The van der Waals surface area contributed by atoms with Crippen molar-refractivity contribution in [1.82, 2.24) is 4.57 Å². The maximum absolute atomic E-state index is 6.49. The normalized spacial score (nSPS) is 19.7. The molecule has 1 saturated heterocycles. The van der Waals surface area contributed by atoms with Crippen LogP contribution in [0.4, 0.5) is 5.69 Å². The summed E-state index contributed by atoms with van der Waals surface area (Å²) < 4.78 is 2.08. The van der Waals surface area contributed by atoms with Gasteiger partial charge in [0.05, 0.1) is 10.7 Å². The zero-order valence-electron chi connectivity index (χ0n) is 11.2. The Balaban J connectivity index is 1.91. The molecule has 1 fully saturated rings. The van der Waals surface area contributed by atoms with Gasteiger partial charge in [-0.05, 0) is 56.5 Å². The molecule has 1 aliphatic heterocycles. The molecule has 100 valence electrons. The summed E-state index contributed by atoms with van der Waals surface area (Å²) in [7, 11) is 0. The van der Waals surface area contributed by atoms with Crippen molar-refractivity contribution in [2.24, 2.45) is 0 Å². The summed E-state index contributed by atoms with van der Waals surface area (Å²) >= 11 is 6.49. The molecule has 0 saturated carbocycles. The SMILES string of the molecule is CC1CCCCN1c1ccc(-n2cccc2)cc1Cl. The minimum Gasteiger partial charge on any atom is -0.368 e. The van der Waals surface area contributed by atoms with Crippen molar-refractivity contribution in [2.75, 3.05) is 11.4 Å². The number of aromatic nitrogens is 1. The molecule has 2 aromatic rings. The number of nitrogens with zero attached hydrogens (tertiary/aromatic N) is 2. The van der Waals surface area contributed by atoms with Gasteiger partial charge in [-0.3, -0.25) is 0 Å². The molecule has 1 atom stereocenters. The minimum atomic E-state index is 0.587. The fourth-order valence-electron chi connectivity index (χ4n) is 2.85. The quantitative estimate of drug-likeness (QED) is 0.782. The summed E-state index contributed by atoms with van der Waals surface area (Å²) in [4.78, 5) is 2.44. The Kier molecular flexibility index (Phi) is 3.52. The van der Waals surface area contributed by atoms with E-state index in [1.54, 1.807) is 0 Å². The lowest BCUT2D eigenvalue weighted by Crippen LogP contribution is -2.37. The predicted molar refractivity (Wildman–Crippen MR) is 81.4 cm³/mol. The number of piperidine rings is 1. The molecule has 0 spiro atoms. The van der Waals surface area contributed by atoms with Crippen LogP contribution >= 0.6 is 11.6 Å². The first kappa shape index (κ1) is 12.6. The molecule has 3 rings (SSSR count). The summed E-state index contributed by atoms with van der Waals surface area (Å²) in [5, 5.41) is 0.847. The Morgan fingerprint density at radius 2 is 1.95 bits per heavy atom. The van der Waals surface area contributed by atoms with E-state index in [4.69, 9.17) is 11.6 Å². The molecule has 0 radical (unpaired) electrons. The van der Waals surface area contributed by atoms with Gasteiger partial charge in [0, 0.05) is 30.7 Å². The Morgan fingerprint density at radius 1 is 1.16 bits per heavy atom. The number of hydrogen-bond donors (Lipinski definition) is 0. The third-order valence-electron chi connectivity index (χ3n) is 3.95. The first-order chi connectivity index (χ1) is 9.25. The smallest absolute Gasteiger partial charge is 0.0660 e. The summed E-state index contributed by atoms with van der Waals surface area (Å²) in [6.07, 6.45) is 7.93. The van der Waals surface area contributed by atoms with Crippen molar-refractivity contribution in [3.63, 3.8) is 0 Å². The first-order valence-electron chi connectivity index (χ1n) is 6.95. The van der Waals surface area contributed by atoms with Gasteiger partial charge >= 0.3 is 0 Å². The Labute approximate surface area is 119 Å². The number of hydrogen-bond acceptors (Lipinski definition) is 1. The van der Waals surface area contributed by atoms with Crippen LogP contribution in [0.15, 0.2) is 42.7 Å². The number of benzene rings is 1. The highest BCUT2D eigenvalue weighted by Crippen LogP contribution is 2.32. The third-order valence-corrected chi connectivity index (χ3v) is 4.25. The molecule has 0 aliphatic carbocycles. The van der Waals surface area contributed by atoms with Crippen LogP contribution in [0.25, 0.3) is 5.69 Å². The molecule has 0 N–H and O–H groups in total. The zero-order chi connectivity index (χ0) is 13.2. The second-order valence-electron chi connectivity index (χ2n) is 5.26. The maximum atomic E-state index is 6.49. The summed E-state index contributed by atoms with van der Waals surface area (Å²) in [5.41, 5.74) is 2.29. The largest absolute Gasteiger partial charge is 0.368 e. The van der Waals surface area contributed by atoms with Crippen molar-refractivity contribution in [3.05, 3.63) is 47.7 Å². The van der Waals surface area contributed by atoms with E-state index in [1.807, 2.05) is 24.5 Å². The van der Waals surface area contributed by atoms with E-state index < -0.39 is 0 Å². The molecular weight excluding hydrogens is 256 g/mol. The van der Waals surface area contributed by atoms with E-state index in [0.717, 1.165) is 17.3 Å². The standard InChI is InChI=1S/C16H19ClN2/c1-13-6-2-3-11-19(13)16-8-7-14(12-15(16)17)18-9-4-5-10-18/h4-5,7-10,12-13H,2-3,6,11H2,1H3. The fourth-order valence-corrected chi connectivity index (χ4v) is 3.14. The van der Waals surface area contributed by atoms with Crippen LogP contribution in [-0.2, 0) is 0 Å². The lowest BCUT2D eigenvalue weighted by Gasteiger charge is -2.36. The van der Waals surface area contributed by atoms with E-state index in [9.17, 15) is 0 Å². The highest BCUT2D eigenvalue weighted by Gasteiger charge is 2.20. The second kappa shape index (κ2) is 5.30. The molecule has 1 aromatic carbocycles. The van der Waals surface area contributed by atoms with Crippen molar-refractivity contribution in [3.8, 4) is 5.69 Å². The fraction of sp³-hybridized carbons (Fsp3) is 0.375. The summed E-state index contributed by atoms with van der Waals surface area (Å²) in [6.45, 7) is 3.40. The van der Waals surface area contributed by atoms with Crippen LogP contribution in [0, 0.1) is 0 Å². The van der Waals surface area contributed by atoms with Gasteiger partial charge in [-0.15, -0.1) is 0 Å². The molecule has 19 heavy (non-hydrogen) atoms. The first-order valence-corrected chi connectivity index (χ1v) is 7.33. The number of anilines is 1. The van der Waals surface area contributed by atoms with E-state index in [2.05, 4.69) is 34.6 Å². The van der Waals surface area contributed by atoms with Crippen LogP contribution in [0.1, 0.15) is 26.2 Å². The highest BCUT2D eigenvalue weighted by atomic mass is 35.5. The van der Waals surface area contributed by atoms with E-state index in [1.165, 1.54) is 24.9 Å². The lowest BCUT2D eigenvalue weighted by atomic mass is 10.0. The van der Waals surface area contributed by atoms with Gasteiger partial charge in [0.2, 0.25) is 0 Å². The van der Waals surface area contributed by atoms with E-state index in [-0.39, 0.29) is 0 Å². The highest BCUT2D eigenvalue weighted by molar-refractivity contribution is 6.33. The monoisotopic (exact) mass is 274 g/mol. The van der Waals surface area contributed by atoms with Crippen LogP contribution in [-0.4, -0.2) is 17.2 Å². The Morgan fingerprint density at radius 3 is 2.63 bits per heavy atom.